The highest BCUT2D eigenvalue weighted by atomic mass is 35.5. The second-order valence-corrected chi connectivity index (χ2v) is 6.24. The van der Waals surface area contributed by atoms with Gasteiger partial charge in [0, 0.05) is 18.0 Å². The predicted molar refractivity (Wildman–Crippen MR) is 75.5 cm³/mol. The molecule has 0 unspecified atom stereocenters. The first-order chi connectivity index (χ1) is 9.42. The highest BCUT2D eigenvalue weighted by Gasteiger charge is 2.17. The van der Waals surface area contributed by atoms with E-state index in [2.05, 4.69) is 19.9 Å². The average molecular weight is 317 g/mol. The van der Waals surface area contributed by atoms with Crippen LogP contribution in [-0.2, 0) is 16.4 Å². The molecule has 2 aromatic heterocycles. The van der Waals surface area contributed by atoms with Crippen molar-refractivity contribution in [1.29, 1.82) is 0 Å². The highest BCUT2D eigenvalue weighted by molar-refractivity contribution is 7.92. The normalized spacial score (nSPS) is 11.5. The quantitative estimate of drug-likeness (QED) is 0.776. The Kier molecular flexibility index (Phi) is 4.15. The lowest BCUT2D eigenvalue weighted by Crippen LogP contribution is -2.16. The summed E-state index contributed by atoms with van der Waals surface area (Å²) < 4.78 is 26.5. The number of halogens is 1. The molecule has 0 aromatic carbocycles. The van der Waals surface area contributed by atoms with Crippen molar-refractivity contribution in [1.82, 2.24) is 15.2 Å². The van der Waals surface area contributed by atoms with Gasteiger partial charge in [-0.05, 0) is 12.5 Å². The van der Waals surface area contributed by atoms with Gasteiger partial charge < -0.3 is 4.98 Å². The zero-order valence-corrected chi connectivity index (χ0v) is 12.2. The number of aromatic nitrogens is 3. The second kappa shape index (κ2) is 5.68. The van der Waals surface area contributed by atoms with Gasteiger partial charge in [0.2, 0.25) is 0 Å². The molecule has 108 valence electrons. The molecule has 0 saturated heterocycles. The molecule has 2 heterocycles. The largest absolute Gasteiger partial charge is 0.326 e. The van der Waals surface area contributed by atoms with E-state index in [4.69, 9.17) is 11.6 Å². The van der Waals surface area contributed by atoms with E-state index >= 15 is 0 Å². The summed E-state index contributed by atoms with van der Waals surface area (Å²) in [4.78, 5) is 13.2. The SMILES string of the molecule is CCCc1cc(NS(=O)(=O)c2c[nH]c(=O)c(Cl)c2)n[nH]1. The Morgan fingerprint density at radius 3 is 2.80 bits per heavy atom. The van der Waals surface area contributed by atoms with Crippen molar-refractivity contribution in [3.8, 4) is 0 Å². The van der Waals surface area contributed by atoms with Crippen LogP contribution in [0.25, 0.3) is 0 Å². The molecule has 7 nitrogen and oxygen atoms in total. The third-order valence-electron chi connectivity index (χ3n) is 2.53. The molecule has 0 saturated carbocycles. The number of nitrogens with one attached hydrogen (secondary N) is 3. The van der Waals surface area contributed by atoms with Gasteiger partial charge in [-0.15, -0.1) is 0 Å². The molecule has 0 aliphatic carbocycles. The van der Waals surface area contributed by atoms with E-state index < -0.39 is 15.6 Å². The van der Waals surface area contributed by atoms with Gasteiger partial charge in [-0.2, -0.15) is 5.10 Å². The number of aryl methyl sites for hydroxylation is 1. The van der Waals surface area contributed by atoms with E-state index in [1.54, 1.807) is 6.07 Å². The second-order valence-electron chi connectivity index (χ2n) is 4.15. The first-order valence-electron chi connectivity index (χ1n) is 5.87. The van der Waals surface area contributed by atoms with Gasteiger partial charge >= 0.3 is 0 Å². The Labute approximate surface area is 120 Å². The Bertz CT molecular complexity index is 766. The number of pyridine rings is 1. The third-order valence-corrected chi connectivity index (χ3v) is 4.15. The van der Waals surface area contributed by atoms with Crippen molar-refractivity contribution in [2.75, 3.05) is 4.72 Å². The number of H-pyrrole nitrogens is 2. The van der Waals surface area contributed by atoms with Crippen molar-refractivity contribution < 1.29 is 8.42 Å². The van der Waals surface area contributed by atoms with Crippen molar-refractivity contribution in [3.05, 3.63) is 39.4 Å². The van der Waals surface area contributed by atoms with Gasteiger partial charge in [0.05, 0.1) is 0 Å². The molecule has 0 radical (unpaired) electrons. The molecular formula is C11H13ClN4O3S. The summed E-state index contributed by atoms with van der Waals surface area (Å²) in [6.45, 7) is 2.01. The summed E-state index contributed by atoms with van der Waals surface area (Å²) in [5.74, 6) is 0.191. The maximum atomic E-state index is 12.1. The van der Waals surface area contributed by atoms with Gasteiger partial charge in [0.25, 0.3) is 15.6 Å². The third kappa shape index (κ3) is 3.20. The summed E-state index contributed by atoms with van der Waals surface area (Å²) >= 11 is 5.61. The van der Waals surface area contributed by atoms with E-state index in [1.165, 1.54) is 0 Å². The standard InChI is InChI=1S/C11H13ClN4O3S/c1-2-3-7-4-10(15-14-7)16-20(18,19)8-5-9(12)11(17)13-6-8/h4-6H,2-3H2,1H3,(H,13,17)(H2,14,15,16). The number of nitrogens with zero attached hydrogens (tertiary/aromatic N) is 1. The number of aromatic amines is 2. The molecule has 0 fully saturated rings. The van der Waals surface area contributed by atoms with Crippen molar-refractivity contribution in [3.63, 3.8) is 0 Å². The fraction of sp³-hybridized carbons (Fsp3) is 0.273. The van der Waals surface area contributed by atoms with Gasteiger partial charge in [-0.3, -0.25) is 14.6 Å². The molecule has 0 spiro atoms. The molecule has 9 heteroatoms. The smallest absolute Gasteiger partial charge is 0.266 e. The molecule has 20 heavy (non-hydrogen) atoms. The van der Waals surface area contributed by atoms with Crippen LogP contribution < -0.4 is 10.3 Å². The minimum absolute atomic E-state index is 0.137. The fourth-order valence-corrected chi connectivity index (χ4v) is 2.82. The van der Waals surface area contributed by atoms with E-state index in [9.17, 15) is 13.2 Å². The van der Waals surface area contributed by atoms with Crippen LogP contribution in [0, 0.1) is 0 Å². The van der Waals surface area contributed by atoms with Crippen LogP contribution in [0.5, 0.6) is 0 Å². The van der Waals surface area contributed by atoms with Crippen molar-refractivity contribution in [2.45, 2.75) is 24.7 Å². The lowest BCUT2D eigenvalue weighted by atomic mass is 10.2. The molecule has 0 atom stereocenters. The van der Waals surface area contributed by atoms with Gasteiger partial charge in [0.1, 0.15) is 9.92 Å². The summed E-state index contributed by atoms with van der Waals surface area (Å²) in [5.41, 5.74) is 0.292. The molecule has 3 N–H and O–H groups in total. The molecule has 0 amide bonds. The molecule has 0 bridgehead atoms. The summed E-state index contributed by atoms with van der Waals surface area (Å²) in [5, 5.41) is 6.41. The zero-order chi connectivity index (χ0) is 14.8. The topological polar surface area (TPSA) is 108 Å². The Morgan fingerprint density at radius 2 is 2.15 bits per heavy atom. The Hall–Kier alpha value is -1.80. The summed E-state index contributed by atoms with van der Waals surface area (Å²) in [6.07, 6.45) is 2.78. The van der Waals surface area contributed by atoms with Gasteiger partial charge in [0.15, 0.2) is 5.82 Å². The molecule has 0 aliphatic heterocycles. The van der Waals surface area contributed by atoms with Crippen LogP contribution in [0.2, 0.25) is 5.02 Å². The first kappa shape index (κ1) is 14.6. The Morgan fingerprint density at radius 1 is 1.40 bits per heavy atom. The molecule has 2 rings (SSSR count). The zero-order valence-electron chi connectivity index (χ0n) is 10.6. The van der Waals surface area contributed by atoms with Gasteiger partial charge in [-0.25, -0.2) is 8.42 Å². The minimum Gasteiger partial charge on any atom is -0.326 e. The maximum Gasteiger partial charge on any atom is 0.266 e. The van der Waals surface area contributed by atoms with Crippen molar-refractivity contribution in [2.24, 2.45) is 0 Å². The average Bonchev–Trinajstić information content (AvgIpc) is 2.79. The summed E-state index contributed by atoms with van der Waals surface area (Å²) in [7, 11) is -3.84. The van der Waals surface area contributed by atoms with Crippen LogP contribution in [0.1, 0.15) is 19.0 Å². The van der Waals surface area contributed by atoms with Crippen LogP contribution in [0.4, 0.5) is 5.82 Å². The molecule has 0 aliphatic rings. The lowest BCUT2D eigenvalue weighted by Gasteiger charge is -2.04. The van der Waals surface area contributed by atoms with Crippen LogP contribution in [0.15, 0.2) is 28.0 Å². The van der Waals surface area contributed by atoms with E-state index in [0.29, 0.717) is 0 Å². The van der Waals surface area contributed by atoms with Crippen LogP contribution in [-0.4, -0.2) is 23.6 Å². The molecular weight excluding hydrogens is 304 g/mol. The molecule has 2 aromatic rings. The van der Waals surface area contributed by atoms with Crippen LogP contribution >= 0.6 is 11.6 Å². The number of sulfonamides is 1. The summed E-state index contributed by atoms with van der Waals surface area (Å²) in [6, 6.07) is 2.71. The van der Waals surface area contributed by atoms with E-state index in [-0.39, 0.29) is 15.7 Å². The van der Waals surface area contributed by atoms with Crippen molar-refractivity contribution >= 4 is 27.4 Å². The maximum absolute atomic E-state index is 12.1. The predicted octanol–water partition coefficient (Wildman–Crippen LogP) is 1.50. The van der Waals surface area contributed by atoms with E-state index in [0.717, 1.165) is 30.8 Å². The minimum atomic E-state index is -3.84. The van der Waals surface area contributed by atoms with Crippen LogP contribution in [0.3, 0.4) is 0 Å². The Balaban J connectivity index is 2.25. The first-order valence-corrected chi connectivity index (χ1v) is 7.74. The number of hydrogen-bond acceptors (Lipinski definition) is 4. The number of rotatable bonds is 5. The number of anilines is 1. The highest BCUT2D eigenvalue weighted by Crippen LogP contribution is 2.16. The number of hydrogen-bond donors (Lipinski definition) is 3. The lowest BCUT2D eigenvalue weighted by molar-refractivity contribution is 0.600. The van der Waals surface area contributed by atoms with E-state index in [1.807, 2.05) is 6.92 Å². The monoisotopic (exact) mass is 316 g/mol. The fourth-order valence-electron chi connectivity index (χ4n) is 1.60. The van der Waals surface area contributed by atoms with Gasteiger partial charge in [-0.1, -0.05) is 24.9 Å².